The highest BCUT2D eigenvalue weighted by atomic mass is 35.5. The lowest BCUT2D eigenvalue weighted by atomic mass is 9.93. The maximum atomic E-state index is 14.2. The number of rotatable bonds is 10. The van der Waals surface area contributed by atoms with Gasteiger partial charge < -0.3 is 25.0 Å². The number of hydrogen-bond acceptors (Lipinski definition) is 6. The van der Waals surface area contributed by atoms with Crippen molar-refractivity contribution in [3.63, 3.8) is 0 Å². The van der Waals surface area contributed by atoms with Crippen LogP contribution in [0, 0.1) is 11.7 Å². The molecule has 1 fully saturated rings. The quantitative estimate of drug-likeness (QED) is 0.302. The molecule has 0 radical (unpaired) electrons. The van der Waals surface area contributed by atoms with E-state index in [2.05, 4.69) is 34.4 Å². The van der Waals surface area contributed by atoms with Crippen LogP contribution in [0.25, 0.3) is 0 Å². The lowest BCUT2D eigenvalue weighted by molar-refractivity contribution is -0.145. The Hall–Kier alpha value is -3.07. The highest BCUT2D eigenvalue weighted by Crippen LogP contribution is 2.34. The standard InChI is InChI=1S/C26H34ClFN4O4.C2H6/c1-4-35-24(33)16-36-20-13-23(31-26(34)30-22-11-10-18(27)12-21(22)28)25(29-14-20)32(15-17(2)3)19-8-6-5-7-9-19;1-2/h10-14,17,19H,4-9,15-16H2,1-3H3,(H2,30,31,34);1-2H3. The summed E-state index contributed by atoms with van der Waals surface area (Å²) in [6.45, 7) is 10.7. The Bertz CT molecular complexity index is 1050. The molecule has 0 aliphatic heterocycles. The third kappa shape index (κ3) is 9.67. The van der Waals surface area contributed by atoms with Gasteiger partial charge in [-0.05, 0) is 43.9 Å². The number of pyridine rings is 1. The summed E-state index contributed by atoms with van der Waals surface area (Å²) in [6.07, 6.45) is 7.10. The number of hydrogen-bond donors (Lipinski definition) is 2. The number of carbonyl (C=O) groups excluding carboxylic acids is 2. The van der Waals surface area contributed by atoms with E-state index in [0.717, 1.165) is 38.3 Å². The van der Waals surface area contributed by atoms with Crippen LogP contribution in [-0.4, -0.2) is 42.8 Å². The predicted molar refractivity (Wildman–Crippen MR) is 151 cm³/mol. The number of anilines is 3. The second-order valence-corrected chi connectivity index (χ2v) is 9.61. The van der Waals surface area contributed by atoms with Crippen molar-refractivity contribution in [3.05, 3.63) is 41.3 Å². The maximum Gasteiger partial charge on any atom is 0.344 e. The van der Waals surface area contributed by atoms with Crippen LogP contribution < -0.4 is 20.3 Å². The van der Waals surface area contributed by atoms with E-state index in [9.17, 15) is 14.0 Å². The van der Waals surface area contributed by atoms with Crippen LogP contribution in [0.2, 0.25) is 5.02 Å². The van der Waals surface area contributed by atoms with Gasteiger partial charge in [-0.2, -0.15) is 0 Å². The van der Waals surface area contributed by atoms with Crippen LogP contribution in [0.15, 0.2) is 30.5 Å². The molecule has 8 nitrogen and oxygen atoms in total. The lowest BCUT2D eigenvalue weighted by Gasteiger charge is -2.37. The van der Waals surface area contributed by atoms with Gasteiger partial charge >= 0.3 is 12.0 Å². The molecular weight excluding hydrogens is 511 g/mol. The summed E-state index contributed by atoms with van der Waals surface area (Å²) in [4.78, 5) is 31.5. The number of halogens is 2. The third-order valence-electron chi connectivity index (χ3n) is 5.78. The van der Waals surface area contributed by atoms with E-state index >= 15 is 0 Å². The van der Waals surface area contributed by atoms with Gasteiger partial charge in [0.05, 0.1) is 24.2 Å². The molecular formula is C28H40ClFN4O4. The third-order valence-corrected chi connectivity index (χ3v) is 6.02. The first-order valence-corrected chi connectivity index (χ1v) is 13.7. The molecule has 1 aromatic heterocycles. The molecule has 1 heterocycles. The number of amides is 2. The Labute approximate surface area is 230 Å². The Morgan fingerprint density at radius 3 is 2.45 bits per heavy atom. The van der Waals surface area contributed by atoms with Gasteiger partial charge in [-0.3, -0.25) is 0 Å². The summed E-state index contributed by atoms with van der Waals surface area (Å²) < 4.78 is 24.7. The Balaban J connectivity index is 0.00000247. The smallest absolute Gasteiger partial charge is 0.344 e. The van der Waals surface area contributed by atoms with Gasteiger partial charge in [-0.15, -0.1) is 0 Å². The number of aromatic nitrogens is 1. The highest BCUT2D eigenvalue weighted by Gasteiger charge is 2.26. The fourth-order valence-corrected chi connectivity index (χ4v) is 4.40. The molecule has 10 heteroatoms. The number of esters is 1. The molecule has 2 N–H and O–H groups in total. The zero-order valence-electron chi connectivity index (χ0n) is 23.0. The molecule has 0 unspecified atom stereocenters. The number of nitrogens with one attached hydrogen (secondary N) is 2. The average Bonchev–Trinajstić information content (AvgIpc) is 2.90. The summed E-state index contributed by atoms with van der Waals surface area (Å²) in [6, 6.07) is 5.27. The normalized spacial score (nSPS) is 13.3. The van der Waals surface area contributed by atoms with Crippen LogP contribution in [-0.2, 0) is 9.53 Å². The topological polar surface area (TPSA) is 92.8 Å². The van der Waals surface area contributed by atoms with Crippen LogP contribution in [0.5, 0.6) is 5.75 Å². The minimum absolute atomic E-state index is 0.00700. The van der Waals surface area contributed by atoms with E-state index in [1.54, 1.807) is 13.0 Å². The molecule has 1 aromatic carbocycles. The van der Waals surface area contributed by atoms with E-state index in [1.807, 2.05) is 13.8 Å². The van der Waals surface area contributed by atoms with Gasteiger partial charge in [0, 0.05) is 23.7 Å². The monoisotopic (exact) mass is 550 g/mol. The number of carbonyl (C=O) groups is 2. The summed E-state index contributed by atoms with van der Waals surface area (Å²) in [5.74, 6) is 0.110. The van der Waals surface area contributed by atoms with Gasteiger partial charge in [0.15, 0.2) is 12.4 Å². The van der Waals surface area contributed by atoms with E-state index in [0.29, 0.717) is 23.2 Å². The van der Waals surface area contributed by atoms with Crippen molar-refractivity contribution >= 4 is 40.8 Å². The second kappa shape index (κ2) is 16.0. The Kier molecular flexibility index (Phi) is 13.1. The van der Waals surface area contributed by atoms with Crippen LogP contribution in [0.1, 0.15) is 66.7 Å². The molecule has 2 aromatic rings. The Morgan fingerprint density at radius 2 is 1.82 bits per heavy atom. The van der Waals surface area contributed by atoms with Gasteiger partial charge in [-0.25, -0.2) is 19.0 Å². The highest BCUT2D eigenvalue weighted by molar-refractivity contribution is 6.30. The van der Waals surface area contributed by atoms with Crippen molar-refractivity contribution in [1.29, 1.82) is 0 Å². The molecule has 1 aliphatic carbocycles. The number of urea groups is 1. The van der Waals surface area contributed by atoms with Crippen molar-refractivity contribution in [3.8, 4) is 5.75 Å². The van der Waals surface area contributed by atoms with Gasteiger partial charge in [0.25, 0.3) is 0 Å². The van der Waals surface area contributed by atoms with Crippen LogP contribution in [0.3, 0.4) is 0 Å². The molecule has 0 atom stereocenters. The molecule has 0 saturated heterocycles. The number of nitrogens with zero attached hydrogens (tertiary/aromatic N) is 2. The molecule has 38 heavy (non-hydrogen) atoms. The first-order valence-electron chi connectivity index (χ1n) is 13.3. The molecule has 2 amide bonds. The zero-order valence-corrected chi connectivity index (χ0v) is 23.7. The van der Waals surface area contributed by atoms with E-state index in [4.69, 9.17) is 21.1 Å². The molecule has 3 rings (SSSR count). The summed E-state index contributed by atoms with van der Waals surface area (Å²) in [5, 5.41) is 5.54. The molecule has 1 saturated carbocycles. The van der Waals surface area contributed by atoms with Gasteiger partial charge in [0.2, 0.25) is 0 Å². The first-order chi connectivity index (χ1) is 18.3. The van der Waals surface area contributed by atoms with Crippen molar-refractivity contribution in [1.82, 2.24) is 4.98 Å². The van der Waals surface area contributed by atoms with Gasteiger partial charge in [0.1, 0.15) is 11.6 Å². The van der Waals surface area contributed by atoms with Crippen LogP contribution >= 0.6 is 11.6 Å². The first kappa shape index (κ1) is 31.1. The summed E-state index contributed by atoms with van der Waals surface area (Å²) >= 11 is 5.81. The molecule has 1 aliphatic rings. The number of benzene rings is 1. The van der Waals surface area contributed by atoms with Crippen molar-refractivity contribution in [2.75, 3.05) is 35.3 Å². The van der Waals surface area contributed by atoms with Crippen molar-refractivity contribution in [2.45, 2.75) is 72.8 Å². The molecule has 210 valence electrons. The number of ether oxygens (including phenoxy) is 2. The van der Waals surface area contributed by atoms with Gasteiger partial charge in [-0.1, -0.05) is 58.6 Å². The maximum absolute atomic E-state index is 14.2. The fourth-order valence-electron chi connectivity index (χ4n) is 4.24. The largest absolute Gasteiger partial charge is 0.480 e. The minimum atomic E-state index is -0.647. The van der Waals surface area contributed by atoms with Crippen molar-refractivity contribution < 1.29 is 23.5 Å². The molecule has 0 bridgehead atoms. The summed E-state index contributed by atoms with van der Waals surface area (Å²) in [7, 11) is 0. The van der Waals surface area contributed by atoms with E-state index in [1.165, 1.54) is 24.8 Å². The van der Waals surface area contributed by atoms with E-state index in [-0.39, 0.29) is 30.0 Å². The lowest BCUT2D eigenvalue weighted by Crippen LogP contribution is -2.40. The van der Waals surface area contributed by atoms with Crippen LogP contribution in [0.4, 0.5) is 26.4 Å². The fraction of sp³-hybridized carbons (Fsp3) is 0.536. The van der Waals surface area contributed by atoms with E-state index < -0.39 is 17.8 Å². The minimum Gasteiger partial charge on any atom is -0.480 e. The zero-order chi connectivity index (χ0) is 28.1. The SMILES string of the molecule is CC.CCOC(=O)COc1cnc(N(CC(C)C)C2CCCCC2)c(NC(=O)Nc2ccc(Cl)cc2F)c1. The molecule has 0 spiro atoms. The summed E-state index contributed by atoms with van der Waals surface area (Å²) in [5.41, 5.74) is 0.391. The predicted octanol–water partition coefficient (Wildman–Crippen LogP) is 7.28. The van der Waals surface area contributed by atoms with Crippen molar-refractivity contribution in [2.24, 2.45) is 5.92 Å². The Morgan fingerprint density at radius 1 is 1.13 bits per heavy atom. The average molecular weight is 551 g/mol. The second-order valence-electron chi connectivity index (χ2n) is 9.18.